The topological polar surface area (TPSA) is 206 Å². The molecule has 2 aromatic heterocycles. The summed E-state index contributed by atoms with van der Waals surface area (Å²) in [6.45, 7) is 6.65. The first-order chi connectivity index (χ1) is 41.2. The van der Waals surface area contributed by atoms with E-state index in [9.17, 15) is 19.2 Å². The van der Waals surface area contributed by atoms with Gasteiger partial charge in [-0.3, -0.25) is 19.2 Å². The monoisotopic (exact) mass is 1150 g/mol. The van der Waals surface area contributed by atoms with Crippen molar-refractivity contribution in [3.8, 4) is 23.0 Å². The Bertz CT molecular complexity index is 4120. The standard InChI is InChI=1S/C65H62N8O12/c1-33(78-5)61(74)66-37-17-13-18-38(67-62(75)34(2)79-6)53(37)55-41-25-29-45-57(59-49(82-9)21-15-22-50(59)83-10)47-31-27-43-56(54-39(68-63(76)35(3)80-7)19-14-20-40(54)69-64(77)36(4)81-8)44-28-32-48-58(60-51(84-11)23-16-24-52(60)85-12)46-30-26-42(55)71(46)65(70(41)45,72(43)47)73(44)48/h13-36H,1-12H3,(H2-,66,67,68,69,74,75,76,77)/p+2/t33-,34-,35-,36-,65?/m0/s1. The van der Waals surface area contributed by atoms with E-state index < -0.39 is 54.0 Å². The van der Waals surface area contributed by atoms with Crippen LogP contribution in [-0.2, 0) is 44.0 Å². The molecule has 0 bridgehead atoms. The highest BCUT2D eigenvalue weighted by Gasteiger charge is 2.73. The lowest BCUT2D eigenvalue weighted by atomic mass is 9.90. The summed E-state index contributed by atoms with van der Waals surface area (Å²) in [6, 6.07) is 30.3. The number of benzene rings is 4. The molecule has 0 aliphatic carbocycles. The number of ether oxygens (including phenoxy) is 8. The number of hydrogen-bond donors (Lipinski definition) is 4. The Morgan fingerprint density at radius 1 is 0.388 bits per heavy atom. The largest absolute Gasteiger partial charge is 0.553 e. The predicted molar refractivity (Wildman–Crippen MR) is 320 cm³/mol. The molecule has 0 radical (unpaired) electrons. The molecule has 0 fully saturated rings. The molecule has 4 aromatic carbocycles. The second-order valence-electron chi connectivity index (χ2n) is 20.9. The summed E-state index contributed by atoms with van der Waals surface area (Å²) in [7, 11) is 12.3. The van der Waals surface area contributed by atoms with E-state index in [0.29, 0.717) is 102 Å². The molecule has 6 aliphatic rings. The first-order valence-electron chi connectivity index (χ1n) is 27.6. The van der Waals surface area contributed by atoms with Crippen LogP contribution >= 0.6 is 0 Å². The minimum Gasteiger partial charge on any atom is -0.496 e. The zero-order chi connectivity index (χ0) is 59.9. The molecule has 4 N–H and O–H groups in total. The molecule has 1 spiro atoms. The van der Waals surface area contributed by atoms with Gasteiger partial charge in [0.2, 0.25) is 22.8 Å². The molecule has 20 heteroatoms. The summed E-state index contributed by atoms with van der Waals surface area (Å²) in [5, 5.41) is 14.1. The summed E-state index contributed by atoms with van der Waals surface area (Å²) in [6.07, 6.45) is 4.83. The first kappa shape index (κ1) is 55.9. The van der Waals surface area contributed by atoms with Crippen molar-refractivity contribution in [2.24, 2.45) is 0 Å². The molecular weight excluding hydrogens is 1080 g/mol. The molecule has 5 atom stereocenters. The van der Waals surface area contributed by atoms with Crippen LogP contribution in [0.5, 0.6) is 23.0 Å². The van der Waals surface area contributed by atoms with E-state index in [1.807, 2.05) is 36.4 Å². The molecule has 6 aliphatic heterocycles. The maximum Gasteiger partial charge on any atom is 0.553 e. The maximum absolute atomic E-state index is 14.2. The lowest BCUT2D eigenvalue weighted by Crippen LogP contribution is -2.71. The number of carbonyl (C=O) groups is 4. The Hall–Kier alpha value is -9.60. The van der Waals surface area contributed by atoms with Gasteiger partial charge >= 0.3 is 5.91 Å². The number of rotatable bonds is 20. The van der Waals surface area contributed by atoms with Gasteiger partial charge in [-0.1, -0.05) is 33.4 Å². The van der Waals surface area contributed by atoms with Crippen molar-refractivity contribution in [3.05, 3.63) is 177 Å². The quantitative estimate of drug-likeness (QED) is 0.0618. The van der Waals surface area contributed by atoms with E-state index in [1.54, 1.807) is 92.5 Å². The predicted octanol–water partition coefficient (Wildman–Crippen LogP) is 6.35. The van der Waals surface area contributed by atoms with Gasteiger partial charge in [-0.2, -0.15) is 9.13 Å². The molecule has 8 heterocycles. The molecule has 12 rings (SSSR count). The minimum atomic E-state index is -1.47. The second kappa shape index (κ2) is 21.5. The van der Waals surface area contributed by atoms with Crippen LogP contribution in [0.25, 0.3) is 22.3 Å². The van der Waals surface area contributed by atoms with Gasteiger partial charge < -0.3 is 59.2 Å². The number of anilines is 4. The Kier molecular flexibility index (Phi) is 14.2. The molecule has 1 unspecified atom stereocenters. The number of nitrogens with zero attached hydrogens (tertiary/aromatic N) is 4. The van der Waals surface area contributed by atoms with Crippen molar-refractivity contribution in [1.29, 1.82) is 0 Å². The number of aromatic nitrogens is 2. The third-order valence-electron chi connectivity index (χ3n) is 16.7. The van der Waals surface area contributed by atoms with Crippen LogP contribution in [0.2, 0.25) is 0 Å². The highest BCUT2D eigenvalue weighted by atomic mass is 16.5. The molecular formula is C65H64N8O12+2. The Labute approximate surface area is 489 Å². The molecule has 85 heavy (non-hydrogen) atoms. The van der Waals surface area contributed by atoms with Gasteiger partial charge in [0.1, 0.15) is 47.4 Å². The van der Waals surface area contributed by atoms with E-state index in [0.717, 1.165) is 33.6 Å². The lowest BCUT2D eigenvalue weighted by molar-refractivity contribution is -0.834. The van der Waals surface area contributed by atoms with Gasteiger partial charge in [0.05, 0.1) is 107 Å². The fraction of sp³-hybridized carbons (Fsp3) is 0.262. The summed E-state index contributed by atoms with van der Waals surface area (Å²) >= 11 is 0. The Morgan fingerprint density at radius 3 is 1.04 bits per heavy atom. The van der Waals surface area contributed by atoms with Crippen molar-refractivity contribution in [3.63, 3.8) is 0 Å². The Balaban J connectivity index is 1.32. The fourth-order valence-electron chi connectivity index (χ4n) is 12.4. The normalized spacial score (nSPS) is 17.8. The van der Waals surface area contributed by atoms with Gasteiger partial charge in [-0.15, -0.1) is 0 Å². The van der Waals surface area contributed by atoms with Crippen molar-refractivity contribution in [2.75, 3.05) is 78.1 Å². The summed E-state index contributed by atoms with van der Waals surface area (Å²) in [5.74, 6) is -1.04. The van der Waals surface area contributed by atoms with Crippen LogP contribution in [0.3, 0.4) is 0 Å². The zero-order valence-electron chi connectivity index (χ0n) is 49.0. The molecule has 20 nitrogen and oxygen atoms in total. The van der Waals surface area contributed by atoms with E-state index in [1.165, 1.54) is 28.4 Å². The van der Waals surface area contributed by atoms with Crippen LogP contribution < -0.4 is 50.9 Å². The zero-order valence-corrected chi connectivity index (χ0v) is 49.0. The van der Waals surface area contributed by atoms with Gasteiger partial charge in [0.25, 0.3) is 23.6 Å². The van der Waals surface area contributed by atoms with Gasteiger partial charge in [-0.25, -0.2) is 0 Å². The van der Waals surface area contributed by atoms with E-state index in [4.69, 9.17) is 37.9 Å². The molecule has 434 valence electrons. The third-order valence-corrected chi connectivity index (χ3v) is 16.7. The van der Waals surface area contributed by atoms with Crippen molar-refractivity contribution < 1.29 is 66.2 Å². The number of methoxy groups -OCH3 is 8. The number of amides is 4. The number of nitrogens with one attached hydrogen (secondary N) is 4. The summed E-state index contributed by atoms with van der Waals surface area (Å²) < 4.78 is 56.5. The third kappa shape index (κ3) is 8.18. The van der Waals surface area contributed by atoms with Gasteiger partial charge in [0.15, 0.2) is 0 Å². The number of allylic oxidation sites excluding steroid dienone is 4. The van der Waals surface area contributed by atoms with Crippen molar-refractivity contribution in [2.45, 2.75) is 58.0 Å². The smallest absolute Gasteiger partial charge is 0.496 e. The second-order valence-corrected chi connectivity index (χ2v) is 20.9. The SMILES string of the molecule is COc1cccc(OC)c1C1=C2C=CC3=[N+]2C24n5c(ccc51)C(c1c(NC(=O)[C@H](C)OC)cccc1NC(=O)[C@H](C)OC)=C1C=CC(=[N+]12)C(c1c(OC)cccc1OC)=c1ccc(n14)=C3c1c(NC(=O)[C@H](C)OC)cccc1NC(=O)[C@H](C)OC. The Morgan fingerprint density at radius 2 is 0.694 bits per heavy atom. The maximum atomic E-state index is 14.2. The van der Waals surface area contributed by atoms with Crippen LogP contribution in [-0.4, -0.2) is 135 Å². The highest BCUT2D eigenvalue weighted by molar-refractivity contribution is 6.32. The lowest BCUT2D eigenvalue weighted by Gasteiger charge is -2.41. The van der Waals surface area contributed by atoms with E-state index >= 15 is 0 Å². The van der Waals surface area contributed by atoms with E-state index in [2.05, 4.69) is 88.1 Å². The molecule has 0 saturated heterocycles. The first-order valence-corrected chi connectivity index (χ1v) is 27.6. The van der Waals surface area contributed by atoms with E-state index in [-0.39, 0.29) is 0 Å². The van der Waals surface area contributed by atoms with Crippen LogP contribution in [0.15, 0.2) is 133 Å². The molecule has 4 amide bonds. The van der Waals surface area contributed by atoms with Crippen LogP contribution in [0.1, 0.15) is 61.3 Å². The van der Waals surface area contributed by atoms with Gasteiger partial charge in [-0.05, 0) is 100 Å². The number of hydrogen-bond acceptors (Lipinski definition) is 12. The summed E-state index contributed by atoms with van der Waals surface area (Å²) in [5.41, 5.74) is 10.8. The average molecular weight is 1150 g/mol. The van der Waals surface area contributed by atoms with Crippen LogP contribution in [0, 0.1) is 0 Å². The minimum absolute atomic E-state index is 0.384. The van der Waals surface area contributed by atoms with Gasteiger partial charge in [0, 0.05) is 63.9 Å². The van der Waals surface area contributed by atoms with Crippen molar-refractivity contribution >= 4 is 80.1 Å². The molecule has 0 saturated carbocycles. The average Bonchev–Trinajstić information content (AvgIpc) is 1.57. The van der Waals surface area contributed by atoms with Crippen molar-refractivity contribution in [1.82, 2.24) is 9.13 Å². The highest BCUT2D eigenvalue weighted by Crippen LogP contribution is 2.57. The number of carbonyl (C=O) groups excluding carboxylic acids is 4. The van der Waals surface area contributed by atoms with Crippen LogP contribution in [0.4, 0.5) is 22.7 Å². The fourth-order valence-corrected chi connectivity index (χ4v) is 12.4. The molecule has 6 aromatic rings. The summed E-state index contributed by atoms with van der Waals surface area (Å²) in [4.78, 5) is 56.8.